The molecule has 4 nitrogen and oxygen atoms in total. The number of aromatic nitrogens is 2. The maximum absolute atomic E-state index is 5.81. The number of nitrogen functional groups attached to an aromatic ring is 1. The molecule has 2 rings (SSSR count). The van der Waals surface area contributed by atoms with Gasteiger partial charge in [-0.2, -0.15) is 0 Å². The molecule has 0 unspecified atom stereocenters. The minimum atomic E-state index is 0.434. The molecule has 1 aromatic carbocycles. The monoisotopic (exact) mass is 306 g/mol. The number of rotatable bonds is 4. The molecule has 0 aliphatic heterocycles. The summed E-state index contributed by atoms with van der Waals surface area (Å²) >= 11 is 3.35. The van der Waals surface area contributed by atoms with Crippen LogP contribution in [0.1, 0.15) is 11.3 Å². The van der Waals surface area contributed by atoms with E-state index in [1.54, 1.807) is 0 Å². The lowest BCUT2D eigenvalue weighted by Gasteiger charge is -2.09. The Labute approximate surface area is 115 Å². The van der Waals surface area contributed by atoms with Gasteiger partial charge in [-0.25, -0.2) is 9.97 Å². The number of halogens is 1. The first-order valence-corrected chi connectivity index (χ1v) is 6.53. The summed E-state index contributed by atoms with van der Waals surface area (Å²) in [6.07, 6.45) is 0.924. The molecule has 0 atom stereocenters. The molecule has 0 amide bonds. The summed E-state index contributed by atoms with van der Waals surface area (Å²) in [7, 11) is 0. The van der Waals surface area contributed by atoms with E-state index in [0.717, 1.165) is 23.3 Å². The Bertz CT molecular complexity index is 528. The maximum Gasteiger partial charge on any atom is 0.170 e. The third-order valence-corrected chi connectivity index (χ3v) is 3.34. The summed E-state index contributed by atoms with van der Waals surface area (Å²) < 4.78 is 0.721. The van der Waals surface area contributed by atoms with Crippen LogP contribution in [0, 0.1) is 6.92 Å². The maximum atomic E-state index is 5.81. The van der Waals surface area contributed by atoms with Gasteiger partial charge in [0.1, 0.15) is 4.60 Å². The van der Waals surface area contributed by atoms with Crippen LogP contribution >= 0.6 is 15.9 Å². The first-order valence-electron chi connectivity index (χ1n) is 5.74. The lowest BCUT2D eigenvalue weighted by molar-refractivity contribution is 0.990. The zero-order chi connectivity index (χ0) is 13.0. The molecule has 1 heterocycles. The van der Waals surface area contributed by atoms with E-state index in [0.29, 0.717) is 11.6 Å². The van der Waals surface area contributed by atoms with Crippen molar-refractivity contribution in [2.75, 3.05) is 17.6 Å². The Morgan fingerprint density at radius 1 is 1.22 bits per heavy atom. The summed E-state index contributed by atoms with van der Waals surface area (Å²) in [5.74, 6) is 1.06. The average Bonchev–Trinajstić information content (AvgIpc) is 2.37. The number of nitrogens with two attached hydrogens (primary N) is 1. The quantitative estimate of drug-likeness (QED) is 0.911. The van der Waals surface area contributed by atoms with Crippen LogP contribution in [-0.4, -0.2) is 16.5 Å². The van der Waals surface area contributed by atoms with E-state index in [9.17, 15) is 0 Å². The number of aryl methyl sites for hydroxylation is 1. The van der Waals surface area contributed by atoms with Crippen molar-refractivity contribution in [3.8, 4) is 0 Å². The number of nitrogens with one attached hydrogen (secondary N) is 1. The molecule has 0 aliphatic rings. The smallest absolute Gasteiger partial charge is 0.170 e. The van der Waals surface area contributed by atoms with Crippen LogP contribution in [0.15, 0.2) is 34.9 Å². The molecule has 0 bridgehead atoms. The molecule has 5 heteroatoms. The highest BCUT2D eigenvalue weighted by Crippen LogP contribution is 2.19. The average molecular weight is 307 g/mol. The van der Waals surface area contributed by atoms with Crippen molar-refractivity contribution >= 4 is 27.6 Å². The zero-order valence-corrected chi connectivity index (χ0v) is 11.7. The Balaban J connectivity index is 1.97. The molecular formula is C13H15BrN4. The molecule has 1 aromatic heterocycles. The van der Waals surface area contributed by atoms with E-state index in [-0.39, 0.29) is 0 Å². The molecule has 0 radical (unpaired) electrons. The van der Waals surface area contributed by atoms with E-state index in [2.05, 4.69) is 43.3 Å². The topological polar surface area (TPSA) is 63.8 Å². The third-order valence-electron chi connectivity index (χ3n) is 2.59. The van der Waals surface area contributed by atoms with Crippen molar-refractivity contribution in [1.29, 1.82) is 0 Å². The second-order valence-corrected chi connectivity index (χ2v) is 4.75. The van der Waals surface area contributed by atoms with Gasteiger partial charge in [0.25, 0.3) is 0 Å². The number of hydrogen-bond donors (Lipinski definition) is 2. The van der Waals surface area contributed by atoms with E-state index < -0.39 is 0 Å². The largest absolute Gasteiger partial charge is 0.381 e. The summed E-state index contributed by atoms with van der Waals surface area (Å²) in [4.78, 5) is 8.53. The predicted octanol–water partition coefficient (Wildman–Crippen LogP) is 2.78. The van der Waals surface area contributed by atoms with Crippen LogP contribution in [-0.2, 0) is 6.42 Å². The molecule has 18 heavy (non-hydrogen) atoms. The van der Waals surface area contributed by atoms with Crippen LogP contribution in [0.2, 0.25) is 0 Å². The normalized spacial score (nSPS) is 10.3. The second-order valence-electron chi connectivity index (χ2n) is 4.00. The number of hydrogen-bond acceptors (Lipinski definition) is 4. The van der Waals surface area contributed by atoms with Gasteiger partial charge in [0.05, 0.1) is 5.69 Å². The molecule has 94 valence electrons. The van der Waals surface area contributed by atoms with Gasteiger partial charge in [-0.15, -0.1) is 0 Å². The van der Waals surface area contributed by atoms with Crippen LogP contribution in [0.4, 0.5) is 11.6 Å². The van der Waals surface area contributed by atoms with Crippen LogP contribution in [0.25, 0.3) is 0 Å². The fourth-order valence-corrected chi connectivity index (χ4v) is 1.88. The minimum Gasteiger partial charge on any atom is -0.381 e. The van der Waals surface area contributed by atoms with E-state index in [4.69, 9.17) is 5.73 Å². The van der Waals surface area contributed by atoms with Crippen molar-refractivity contribution in [3.05, 3.63) is 46.2 Å². The molecule has 3 N–H and O–H groups in total. The molecule has 0 saturated heterocycles. The van der Waals surface area contributed by atoms with E-state index in [1.165, 1.54) is 5.56 Å². The molecule has 0 fully saturated rings. The van der Waals surface area contributed by atoms with Crippen LogP contribution < -0.4 is 11.1 Å². The summed E-state index contributed by atoms with van der Waals surface area (Å²) in [5, 5.41) is 3.20. The molecule has 0 saturated carbocycles. The summed E-state index contributed by atoms with van der Waals surface area (Å²) in [6, 6.07) is 10.3. The highest BCUT2D eigenvalue weighted by molar-refractivity contribution is 9.10. The minimum absolute atomic E-state index is 0.434. The number of anilines is 2. The predicted molar refractivity (Wildman–Crippen MR) is 77.5 cm³/mol. The zero-order valence-electron chi connectivity index (χ0n) is 10.2. The standard InChI is InChI=1S/C13H15BrN4/c1-9-11(14)18-13(12(15)17-9)16-8-7-10-5-3-2-4-6-10/h2-6H,7-8H2,1H3,(H2,15,17)(H,16,18). The Kier molecular flexibility index (Phi) is 4.15. The Hall–Kier alpha value is -1.62. The van der Waals surface area contributed by atoms with Gasteiger partial charge in [0.2, 0.25) is 0 Å². The van der Waals surface area contributed by atoms with Crippen molar-refractivity contribution in [3.63, 3.8) is 0 Å². The fraction of sp³-hybridized carbons (Fsp3) is 0.231. The highest BCUT2D eigenvalue weighted by Gasteiger charge is 2.06. The van der Waals surface area contributed by atoms with Gasteiger partial charge < -0.3 is 11.1 Å². The third kappa shape index (κ3) is 3.20. The Morgan fingerprint density at radius 2 is 1.94 bits per heavy atom. The lowest BCUT2D eigenvalue weighted by Crippen LogP contribution is -2.10. The van der Waals surface area contributed by atoms with Gasteiger partial charge in [-0.05, 0) is 34.8 Å². The SMILES string of the molecule is Cc1nc(N)c(NCCc2ccccc2)nc1Br. The van der Waals surface area contributed by atoms with Gasteiger partial charge in [0, 0.05) is 6.54 Å². The van der Waals surface area contributed by atoms with Crippen LogP contribution in [0.5, 0.6) is 0 Å². The van der Waals surface area contributed by atoms with Gasteiger partial charge in [0.15, 0.2) is 11.6 Å². The first kappa shape index (κ1) is 12.8. The van der Waals surface area contributed by atoms with E-state index in [1.807, 2.05) is 25.1 Å². The molecule has 2 aromatic rings. The van der Waals surface area contributed by atoms with Gasteiger partial charge >= 0.3 is 0 Å². The van der Waals surface area contributed by atoms with Gasteiger partial charge in [-0.1, -0.05) is 30.3 Å². The number of nitrogens with zero attached hydrogens (tertiary/aromatic N) is 2. The highest BCUT2D eigenvalue weighted by atomic mass is 79.9. The van der Waals surface area contributed by atoms with E-state index >= 15 is 0 Å². The van der Waals surface area contributed by atoms with Crippen LogP contribution in [0.3, 0.4) is 0 Å². The molecular weight excluding hydrogens is 292 g/mol. The number of benzene rings is 1. The van der Waals surface area contributed by atoms with Crippen molar-refractivity contribution in [1.82, 2.24) is 9.97 Å². The molecule has 0 spiro atoms. The molecule has 0 aliphatic carbocycles. The van der Waals surface area contributed by atoms with Crippen molar-refractivity contribution < 1.29 is 0 Å². The van der Waals surface area contributed by atoms with Crippen molar-refractivity contribution in [2.24, 2.45) is 0 Å². The lowest BCUT2D eigenvalue weighted by atomic mass is 10.1. The summed E-state index contributed by atoms with van der Waals surface area (Å²) in [6.45, 7) is 2.64. The summed E-state index contributed by atoms with van der Waals surface area (Å²) in [5.41, 5.74) is 7.89. The van der Waals surface area contributed by atoms with Gasteiger partial charge in [-0.3, -0.25) is 0 Å². The second kappa shape index (κ2) is 5.82. The Morgan fingerprint density at radius 3 is 2.67 bits per heavy atom. The first-order chi connectivity index (χ1) is 8.66. The van der Waals surface area contributed by atoms with Crippen molar-refractivity contribution in [2.45, 2.75) is 13.3 Å². The fourth-order valence-electron chi connectivity index (χ4n) is 1.62.